The van der Waals surface area contributed by atoms with E-state index in [1.165, 1.54) is 18.2 Å². The molecule has 116 valence electrons. The minimum Gasteiger partial charge on any atom is -0.457 e. The Balaban J connectivity index is 2.04. The molecular formula is C18H10F4O. The van der Waals surface area contributed by atoms with Crippen molar-refractivity contribution in [3.63, 3.8) is 0 Å². The first-order chi connectivity index (χ1) is 11.0. The Morgan fingerprint density at radius 3 is 2.09 bits per heavy atom. The van der Waals surface area contributed by atoms with Crippen LogP contribution in [0.5, 0.6) is 11.5 Å². The summed E-state index contributed by atoms with van der Waals surface area (Å²) in [5, 5.41) is 0. The third kappa shape index (κ3) is 3.18. The average Bonchev–Trinajstić information content (AvgIpc) is 2.53. The van der Waals surface area contributed by atoms with E-state index in [2.05, 4.69) is 0 Å². The Kier molecular flexibility index (Phi) is 4.02. The molecule has 0 aliphatic heterocycles. The molecule has 0 spiro atoms. The van der Waals surface area contributed by atoms with Crippen molar-refractivity contribution in [3.8, 4) is 22.6 Å². The van der Waals surface area contributed by atoms with Gasteiger partial charge < -0.3 is 4.74 Å². The number of para-hydroxylation sites is 1. The Bertz CT molecular complexity index is 838. The van der Waals surface area contributed by atoms with Gasteiger partial charge in [0.2, 0.25) is 0 Å². The number of hydrogen-bond donors (Lipinski definition) is 0. The van der Waals surface area contributed by atoms with E-state index in [-0.39, 0.29) is 17.1 Å². The summed E-state index contributed by atoms with van der Waals surface area (Å²) in [5.74, 6) is -4.08. The van der Waals surface area contributed by atoms with Crippen LogP contribution in [0.2, 0.25) is 0 Å². The number of halogens is 4. The van der Waals surface area contributed by atoms with Crippen LogP contribution in [0.4, 0.5) is 17.6 Å². The molecule has 0 aliphatic rings. The van der Waals surface area contributed by atoms with Gasteiger partial charge in [-0.25, -0.2) is 17.6 Å². The Labute approximate surface area is 129 Å². The van der Waals surface area contributed by atoms with Gasteiger partial charge in [0.15, 0.2) is 17.5 Å². The molecule has 23 heavy (non-hydrogen) atoms. The second kappa shape index (κ2) is 6.12. The second-order valence-corrected chi connectivity index (χ2v) is 4.81. The average molecular weight is 318 g/mol. The highest BCUT2D eigenvalue weighted by molar-refractivity contribution is 5.71. The lowest BCUT2D eigenvalue weighted by molar-refractivity contribution is 0.447. The summed E-state index contributed by atoms with van der Waals surface area (Å²) >= 11 is 0. The topological polar surface area (TPSA) is 9.23 Å². The highest BCUT2D eigenvalue weighted by Crippen LogP contribution is 2.34. The first kappa shape index (κ1) is 15.1. The zero-order chi connectivity index (χ0) is 16.4. The van der Waals surface area contributed by atoms with Crippen molar-refractivity contribution in [3.05, 3.63) is 83.9 Å². The highest BCUT2D eigenvalue weighted by Gasteiger charge is 2.14. The number of rotatable bonds is 3. The van der Waals surface area contributed by atoms with Gasteiger partial charge in [0.25, 0.3) is 0 Å². The number of hydrogen-bond acceptors (Lipinski definition) is 1. The maximum atomic E-state index is 13.4. The van der Waals surface area contributed by atoms with Gasteiger partial charge in [0, 0.05) is 11.6 Å². The fourth-order valence-corrected chi connectivity index (χ4v) is 2.16. The van der Waals surface area contributed by atoms with Crippen molar-refractivity contribution in [2.75, 3.05) is 0 Å². The van der Waals surface area contributed by atoms with Gasteiger partial charge in [-0.15, -0.1) is 0 Å². The van der Waals surface area contributed by atoms with E-state index in [0.717, 1.165) is 12.1 Å². The Morgan fingerprint density at radius 2 is 1.39 bits per heavy atom. The molecule has 0 amide bonds. The molecule has 1 nitrogen and oxygen atoms in total. The monoisotopic (exact) mass is 318 g/mol. The molecule has 0 aromatic heterocycles. The molecule has 3 aromatic rings. The molecular weight excluding hydrogens is 308 g/mol. The van der Waals surface area contributed by atoms with Crippen LogP contribution in [0.15, 0.2) is 60.7 Å². The van der Waals surface area contributed by atoms with Crippen molar-refractivity contribution in [1.29, 1.82) is 0 Å². The van der Waals surface area contributed by atoms with Gasteiger partial charge >= 0.3 is 0 Å². The molecule has 0 bridgehead atoms. The summed E-state index contributed by atoms with van der Waals surface area (Å²) in [6.07, 6.45) is 0. The zero-order valence-corrected chi connectivity index (χ0v) is 11.7. The van der Waals surface area contributed by atoms with Crippen LogP contribution in [0.25, 0.3) is 11.1 Å². The summed E-state index contributed by atoms with van der Waals surface area (Å²) in [6.45, 7) is 0. The van der Waals surface area contributed by atoms with Crippen LogP contribution in [-0.4, -0.2) is 0 Å². The van der Waals surface area contributed by atoms with Gasteiger partial charge in [-0.3, -0.25) is 0 Å². The van der Waals surface area contributed by atoms with Crippen molar-refractivity contribution >= 4 is 0 Å². The maximum Gasteiger partial charge on any atom is 0.194 e. The third-order valence-electron chi connectivity index (χ3n) is 3.21. The molecule has 0 heterocycles. The molecule has 5 heteroatoms. The first-order valence-electron chi connectivity index (χ1n) is 6.72. The SMILES string of the molecule is Fc1cccc(Oc2ccccc2-c2cc(F)c(F)c(F)c2)c1. The van der Waals surface area contributed by atoms with Crippen molar-refractivity contribution in [2.45, 2.75) is 0 Å². The standard InChI is InChI=1S/C18H10F4O/c19-12-4-3-5-13(10-12)23-17-7-2-1-6-14(17)11-8-15(20)18(22)16(21)9-11/h1-10H. The van der Waals surface area contributed by atoms with Gasteiger partial charge in [0.05, 0.1) is 0 Å². The zero-order valence-electron chi connectivity index (χ0n) is 11.7. The largest absolute Gasteiger partial charge is 0.457 e. The molecule has 3 aromatic carbocycles. The number of benzene rings is 3. The molecule has 0 N–H and O–H groups in total. The summed E-state index contributed by atoms with van der Waals surface area (Å²) < 4.78 is 58.8. The van der Waals surface area contributed by atoms with Crippen molar-refractivity contribution in [2.24, 2.45) is 0 Å². The van der Waals surface area contributed by atoms with Crippen molar-refractivity contribution in [1.82, 2.24) is 0 Å². The smallest absolute Gasteiger partial charge is 0.194 e. The minimum atomic E-state index is -1.53. The summed E-state index contributed by atoms with van der Waals surface area (Å²) in [5.41, 5.74) is 0.475. The predicted molar refractivity (Wildman–Crippen MR) is 78.2 cm³/mol. The maximum absolute atomic E-state index is 13.4. The van der Waals surface area contributed by atoms with Crippen LogP contribution in [0, 0.1) is 23.3 Å². The van der Waals surface area contributed by atoms with Crippen LogP contribution < -0.4 is 4.74 Å². The summed E-state index contributed by atoms with van der Waals surface area (Å²) in [7, 11) is 0. The lowest BCUT2D eigenvalue weighted by Gasteiger charge is -2.12. The molecule has 0 atom stereocenters. The first-order valence-corrected chi connectivity index (χ1v) is 6.72. The molecule has 0 fully saturated rings. The van der Waals surface area contributed by atoms with E-state index in [4.69, 9.17) is 4.74 Å². The van der Waals surface area contributed by atoms with E-state index >= 15 is 0 Å². The predicted octanol–water partition coefficient (Wildman–Crippen LogP) is 5.70. The molecule has 3 rings (SSSR count). The Morgan fingerprint density at radius 1 is 0.696 bits per heavy atom. The van der Waals surface area contributed by atoms with Gasteiger partial charge in [-0.2, -0.15) is 0 Å². The van der Waals surface area contributed by atoms with Crippen LogP contribution in [0.1, 0.15) is 0 Å². The molecule has 0 saturated heterocycles. The molecule has 0 unspecified atom stereocenters. The van der Waals surface area contributed by atoms with E-state index in [0.29, 0.717) is 5.56 Å². The highest BCUT2D eigenvalue weighted by atomic mass is 19.2. The molecule has 0 aliphatic carbocycles. The molecule has 0 radical (unpaired) electrons. The van der Waals surface area contributed by atoms with Crippen LogP contribution in [0.3, 0.4) is 0 Å². The lowest BCUT2D eigenvalue weighted by atomic mass is 10.0. The quantitative estimate of drug-likeness (QED) is 0.444. The fourth-order valence-electron chi connectivity index (χ4n) is 2.16. The lowest BCUT2D eigenvalue weighted by Crippen LogP contribution is -1.94. The Hall–Kier alpha value is -2.82. The number of ether oxygens (including phenoxy) is 1. The third-order valence-corrected chi connectivity index (χ3v) is 3.21. The minimum absolute atomic E-state index is 0.119. The van der Waals surface area contributed by atoms with Gasteiger partial charge in [0.1, 0.15) is 17.3 Å². The van der Waals surface area contributed by atoms with Crippen LogP contribution in [-0.2, 0) is 0 Å². The molecule has 0 saturated carbocycles. The normalized spacial score (nSPS) is 10.6. The fraction of sp³-hybridized carbons (Fsp3) is 0. The van der Waals surface area contributed by atoms with Gasteiger partial charge in [-0.1, -0.05) is 24.3 Å². The van der Waals surface area contributed by atoms with Gasteiger partial charge in [-0.05, 0) is 35.9 Å². The second-order valence-electron chi connectivity index (χ2n) is 4.81. The van der Waals surface area contributed by atoms with E-state index < -0.39 is 23.3 Å². The summed E-state index contributed by atoms with van der Waals surface area (Å²) in [6, 6.07) is 13.7. The van der Waals surface area contributed by atoms with E-state index in [1.807, 2.05) is 0 Å². The van der Waals surface area contributed by atoms with Crippen molar-refractivity contribution < 1.29 is 22.3 Å². The van der Waals surface area contributed by atoms with E-state index in [9.17, 15) is 17.6 Å². The summed E-state index contributed by atoms with van der Waals surface area (Å²) in [4.78, 5) is 0. The van der Waals surface area contributed by atoms with E-state index in [1.54, 1.807) is 30.3 Å². The van der Waals surface area contributed by atoms with Crippen LogP contribution >= 0.6 is 0 Å².